The molecule has 0 saturated heterocycles. The zero-order valence-electron chi connectivity index (χ0n) is 4.47. The van der Waals surface area contributed by atoms with Gasteiger partial charge in [-0.15, -0.1) is 0 Å². The Morgan fingerprint density at radius 1 is 1.56 bits per heavy atom. The van der Waals surface area contributed by atoms with Gasteiger partial charge in [0, 0.05) is 4.99 Å². The van der Waals surface area contributed by atoms with E-state index >= 15 is 0 Å². The van der Waals surface area contributed by atoms with Gasteiger partial charge in [0.1, 0.15) is 13.9 Å². The molecule has 7 heteroatoms. The summed E-state index contributed by atoms with van der Waals surface area (Å²) in [5.74, 6) is 0. The van der Waals surface area contributed by atoms with E-state index in [1.54, 1.807) is 0 Å². The Morgan fingerprint density at radius 2 is 1.89 bits per heavy atom. The molecule has 0 aliphatic heterocycles. The molecule has 0 atom stereocenters. The van der Waals surface area contributed by atoms with Crippen LogP contribution in [-0.2, 0) is 10.1 Å². The van der Waals surface area contributed by atoms with Crippen LogP contribution in [0.3, 0.4) is 0 Å². The number of hydrogen-bond donors (Lipinski definition) is 0. The molecule has 0 aromatic heterocycles. The maximum atomic E-state index is 9.86. The summed E-state index contributed by atoms with van der Waals surface area (Å²) >= 11 is 5.17. The molecule has 0 radical (unpaired) electrons. The van der Waals surface area contributed by atoms with E-state index in [1.807, 2.05) is 0 Å². The molecule has 3 nitrogen and oxygen atoms in total. The zero-order valence-corrected chi connectivity index (χ0v) is 10.5. The molecule has 0 heterocycles. The van der Waals surface area contributed by atoms with Gasteiger partial charge in [-0.05, 0) is 15.9 Å². The second kappa shape index (κ2) is 5.29. The minimum Gasteiger partial charge on any atom is -0.744 e. The van der Waals surface area contributed by atoms with Crippen molar-refractivity contribution in [1.29, 1.82) is 0 Å². The fourth-order valence-electron chi connectivity index (χ4n) is 0.0546. The van der Waals surface area contributed by atoms with Crippen molar-refractivity contribution in [3.63, 3.8) is 0 Å². The molecule has 0 aromatic rings. The molecule has 48 valence electrons. The van der Waals surface area contributed by atoms with Crippen LogP contribution in [0.4, 0.5) is 0 Å². The molecule has 0 unspecified atom stereocenters. The van der Waals surface area contributed by atoms with E-state index in [1.165, 1.54) is 0 Å². The molecule has 0 rings (SSSR count). The Morgan fingerprint density at radius 3 is 1.89 bits per heavy atom. The molecule has 0 N–H and O–H groups in total. The smallest absolute Gasteiger partial charge is 0.744 e. The van der Waals surface area contributed by atoms with Crippen LogP contribution in [-0.4, -0.2) is 13.0 Å². The van der Waals surface area contributed by atoms with Gasteiger partial charge in [-0.25, -0.2) is 8.42 Å². The standard InChI is InChI=1S/C2H2Br2O3S.Na/c3-1-2(4)8(5,6)7;/h1H,(H,5,6,7);/q;+1/p-1. The van der Waals surface area contributed by atoms with E-state index in [0.29, 0.717) is 0 Å². The normalized spacial score (nSPS) is 12.6. The Bertz CT molecular complexity index is 196. The first-order valence-corrected chi connectivity index (χ1v) is 4.52. The third-order valence-electron chi connectivity index (χ3n) is 0.325. The van der Waals surface area contributed by atoms with E-state index in [9.17, 15) is 13.0 Å². The second-order valence-electron chi connectivity index (χ2n) is 0.867. The van der Waals surface area contributed by atoms with Crippen molar-refractivity contribution in [2.24, 2.45) is 0 Å². The summed E-state index contributed by atoms with van der Waals surface area (Å²) in [6.45, 7) is 0. The van der Waals surface area contributed by atoms with Gasteiger partial charge >= 0.3 is 29.6 Å². The first-order valence-electron chi connectivity index (χ1n) is 1.40. The van der Waals surface area contributed by atoms with E-state index in [0.717, 1.165) is 4.99 Å². The van der Waals surface area contributed by atoms with Gasteiger partial charge in [0.2, 0.25) is 0 Å². The second-order valence-corrected chi connectivity index (χ2v) is 4.05. The molecule has 0 aliphatic rings. The third-order valence-corrected chi connectivity index (χ3v) is 3.71. The van der Waals surface area contributed by atoms with Gasteiger partial charge in [-0.3, -0.25) is 0 Å². The van der Waals surface area contributed by atoms with Gasteiger partial charge in [0.25, 0.3) is 0 Å². The van der Waals surface area contributed by atoms with Crippen molar-refractivity contribution in [1.82, 2.24) is 0 Å². The van der Waals surface area contributed by atoms with E-state index in [4.69, 9.17) is 0 Å². The molecule has 0 aromatic carbocycles. The van der Waals surface area contributed by atoms with Crippen molar-refractivity contribution in [3.05, 3.63) is 8.80 Å². The van der Waals surface area contributed by atoms with Crippen molar-refractivity contribution in [3.8, 4) is 0 Å². The summed E-state index contributed by atoms with van der Waals surface area (Å²) in [5, 5.41) is 0. The van der Waals surface area contributed by atoms with Crippen LogP contribution in [0, 0.1) is 0 Å². The van der Waals surface area contributed by atoms with Gasteiger partial charge in [0.05, 0.1) is 0 Å². The average molecular weight is 288 g/mol. The van der Waals surface area contributed by atoms with Crippen LogP contribution in [0.5, 0.6) is 0 Å². The quantitative estimate of drug-likeness (QED) is 0.419. The zero-order chi connectivity index (χ0) is 6.78. The molecule has 0 bridgehead atoms. The molecule has 0 fully saturated rings. The predicted molar refractivity (Wildman–Crippen MR) is 35.6 cm³/mol. The van der Waals surface area contributed by atoms with Crippen molar-refractivity contribution in [2.45, 2.75) is 0 Å². The van der Waals surface area contributed by atoms with Crippen LogP contribution in [0.15, 0.2) is 8.80 Å². The monoisotopic (exact) mass is 286 g/mol. The van der Waals surface area contributed by atoms with Crippen molar-refractivity contribution >= 4 is 42.0 Å². The molecular weight excluding hydrogens is 287 g/mol. The molecule has 9 heavy (non-hydrogen) atoms. The molecule has 0 spiro atoms. The van der Waals surface area contributed by atoms with Crippen LogP contribution in [0.25, 0.3) is 0 Å². The third kappa shape index (κ3) is 6.03. The summed E-state index contributed by atoms with van der Waals surface area (Å²) in [4.78, 5) is 0.995. The average Bonchev–Trinajstić information content (AvgIpc) is 1.62. The van der Waals surface area contributed by atoms with Crippen molar-refractivity contribution < 1.29 is 42.5 Å². The van der Waals surface area contributed by atoms with Crippen LogP contribution in [0.1, 0.15) is 0 Å². The molecular formula is C2HBr2NaO3S. The van der Waals surface area contributed by atoms with Gasteiger partial charge in [-0.1, -0.05) is 15.9 Å². The SMILES string of the molecule is O=S(=O)([O-])C(Br)=CBr.[Na+]. The van der Waals surface area contributed by atoms with Gasteiger partial charge in [0.15, 0.2) is 0 Å². The van der Waals surface area contributed by atoms with Crippen LogP contribution < -0.4 is 29.6 Å². The Kier molecular flexibility index (Phi) is 7.76. The van der Waals surface area contributed by atoms with Gasteiger partial charge in [-0.2, -0.15) is 0 Å². The first-order chi connectivity index (χ1) is 3.48. The van der Waals surface area contributed by atoms with Crippen molar-refractivity contribution in [2.75, 3.05) is 0 Å². The Balaban J connectivity index is 0. The summed E-state index contributed by atoms with van der Waals surface area (Å²) in [6.07, 6.45) is 0. The maximum absolute atomic E-state index is 9.86. The fourth-order valence-corrected chi connectivity index (χ4v) is 0.850. The summed E-state index contributed by atoms with van der Waals surface area (Å²) < 4.78 is 29.2. The van der Waals surface area contributed by atoms with E-state index in [-0.39, 0.29) is 29.6 Å². The predicted octanol–water partition coefficient (Wildman–Crippen LogP) is -1.88. The maximum Gasteiger partial charge on any atom is 1.00 e. The largest absolute Gasteiger partial charge is 1.00 e. The number of hydrogen-bond acceptors (Lipinski definition) is 3. The topological polar surface area (TPSA) is 57.2 Å². The minimum atomic E-state index is -4.27. The van der Waals surface area contributed by atoms with Crippen LogP contribution >= 0.6 is 31.9 Å². The first kappa shape index (κ1) is 13.2. The summed E-state index contributed by atoms with van der Waals surface area (Å²) in [7, 11) is -4.27. The fraction of sp³-hybridized carbons (Fsp3) is 0. The minimum absolute atomic E-state index is 0. The Labute approximate surface area is 92.2 Å². The number of halogens is 2. The summed E-state index contributed by atoms with van der Waals surface area (Å²) in [6, 6.07) is 0. The number of rotatable bonds is 1. The summed E-state index contributed by atoms with van der Waals surface area (Å²) in [5.41, 5.74) is 0. The Hall–Kier alpha value is 1.61. The van der Waals surface area contributed by atoms with Crippen LogP contribution in [0.2, 0.25) is 0 Å². The van der Waals surface area contributed by atoms with Gasteiger partial charge < -0.3 is 4.55 Å². The molecule has 0 saturated carbocycles. The van der Waals surface area contributed by atoms with E-state index in [2.05, 4.69) is 31.9 Å². The van der Waals surface area contributed by atoms with E-state index < -0.39 is 13.9 Å². The molecule has 0 aliphatic carbocycles. The molecule has 0 amide bonds.